The van der Waals surface area contributed by atoms with Crippen molar-refractivity contribution in [1.82, 2.24) is 0 Å². The van der Waals surface area contributed by atoms with Gasteiger partial charge in [-0.25, -0.2) is 0 Å². The van der Waals surface area contributed by atoms with Crippen LogP contribution in [0, 0.1) is 0 Å². The molecule has 1 heterocycles. The third-order valence-corrected chi connectivity index (χ3v) is 4.20. The van der Waals surface area contributed by atoms with Crippen LogP contribution in [0.4, 0.5) is 5.69 Å². The van der Waals surface area contributed by atoms with Gasteiger partial charge in [0.1, 0.15) is 0 Å². The molecule has 0 spiro atoms. The number of rotatable bonds is 4. The molecule has 0 fully saturated rings. The van der Waals surface area contributed by atoms with Crippen LogP contribution in [0.5, 0.6) is 17.2 Å². The molecule has 0 aliphatic carbocycles. The second-order valence-electron chi connectivity index (χ2n) is 5.49. The van der Waals surface area contributed by atoms with E-state index in [0.717, 1.165) is 16.8 Å². The molecular weight excluding hydrogens is 294 g/mol. The summed E-state index contributed by atoms with van der Waals surface area (Å²) in [6, 6.07) is 11.6. The zero-order valence-electron chi connectivity index (χ0n) is 13.5. The van der Waals surface area contributed by atoms with E-state index < -0.39 is 6.10 Å². The van der Waals surface area contributed by atoms with Crippen molar-refractivity contribution >= 4 is 5.69 Å². The van der Waals surface area contributed by atoms with Crippen molar-refractivity contribution in [1.29, 1.82) is 0 Å². The maximum Gasteiger partial charge on any atom is 0.203 e. The minimum atomic E-state index is -0.503. The van der Waals surface area contributed by atoms with Gasteiger partial charge in [-0.2, -0.15) is 0 Å². The lowest BCUT2D eigenvalue weighted by Gasteiger charge is -2.31. The summed E-state index contributed by atoms with van der Waals surface area (Å²) in [5.41, 5.74) is 2.86. The van der Waals surface area contributed by atoms with Crippen LogP contribution < -0.4 is 19.5 Å². The Kier molecular flexibility index (Phi) is 4.30. The highest BCUT2D eigenvalue weighted by Crippen LogP contribution is 2.44. The highest BCUT2D eigenvalue weighted by Gasteiger charge is 2.27. The quantitative estimate of drug-likeness (QED) is 0.906. The molecule has 0 unspecified atom stereocenters. The van der Waals surface area contributed by atoms with Crippen molar-refractivity contribution in [3.63, 3.8) is 0 Å². The molecule has 2 atom stereocenters. The minimum Gasteiger partial charge on any atom is -0.493 e. The second-order valence-corrected chi connectivity index (χ2v) is 5.49. The van der Waals surface area contributed by atoms with E-state index in [4.69, 9.17) is 14.2 Å². The van der Waals surface area contributed by atoms with Gasteiger partial charge in [0, 0.05) is 17.7 Å². The molecule has 0 aromatic heterocycles. The standard InChI is InChI=1S/C18H21NO4/c1-21-16-8-11(9-17(22-2)18(16)23-3)14-10-15(20)12-6-4-5-7-13(12)19-14/h4-9,14-15,19-20H,10H2,1-3H3/t14-,15-/m1/s1. The third-order valence-electron chi connectivity index (χ3n) is 4.20. The van der Waals surface area contributed by atoms with Crippen molar-refractivity contribution in [3.05, 3.63) is 47.5 Å². The summed E-state index contributed by atoms with van der Waals surface area (Å²) in [4.78, 5) is 0. The van der Waals surface area contributed by atoms with Crippen LogP contribution in [0.2, 0.25) is 0 Å². The zero-order valence-corrected chi connectivity index (χ0v) is 13.5. The average Bonchev–Trinajstić information content (AvgIpc) is 2.60. The Bertz CT molecular complexity index is 676. The normalized spacial score (nSPS) is 19.5. The summed E-state index contributed by atoms with van der Waals surface area (Å²) >= 11 is 0. The van der Waals surface area contributed by atoms with E-state index in [1.54, 1.807) is 21.3 Å². The fourth-order valence-electron chi connectivity index (χ4n) is 3.04. The SMILES string of the molecule is COc1cc([C@H]2C[C@@H](O)c3ccccc3N2)cc(OC)c1OC. The van der Waals surface area contributed by atoms with Gasteiger partial charge in [-0.15, -0.1) is 0 Å². The van der Waals surface area contributed by atoms with Crippen molar-refractivity contribution in [2.45, 2.75) is 18.6 Å². The summed E-state index contributed by atoms with van der Waals surface area (Å²) in [5, 5.41) is 13.9. The molecule has 0 radical (unpaired) electrons. The third kappa shape index (κ3) is 2.80. The Morgan fingerprint density at radius 2 is 1.65 bits per heavy atom. The summed E-state index contributed by atoms with van der Waals surface area (Å²) < 4.78 is 16.2. The fourth-order valence-corrected chi connectivity index (χ4v) is 3.04. The number of anilines is 1. The smallest absolute Gasteiger partial charge is 0.203 e. The van der Waals surface area contributed by atoms with Crippen molar-refractivity contribution in [3.8, 4) is 17.2 Å². The Balaban J connectivity index is 2.00. The van der Waals surface area contributed by atoms with Gasteiger partial charge in [-0.1, -0.05) is 18.2 Å². The van der Waals surface area contributed by atoms with E-state index in [0.29, 0.717) is 23.7 Å². The molecule has 1 aliphatic heterocycles. The number of methoxy groups -OCH3 is 3. The molecule has 2 aromatic carbocycles. The average molecular weight is 315 g/mol. The number of para-hydroxylation sites is 1. The van der Waals surface area contributed by atoms with Crippen molar-refractivity contribution < 1.29 is 19.3 Å². The van der Waals surface area contributed by atoms with E-state index in [9.17, 15) is 5.11 Å². The lowest BCUT2D eigenvalue weighted by atomic mass is 9.91. The second kappa shape index (κ2) is 6.38. The first kappa shape index (κ1) is 15.5. The lowest BCUT2D eigenvalue weighted by Crippen LogP contribution is -2.21. The Morgan fingerprint density at radius 3 is 2.26 bits per heavy atom. The number of hydrogen-bond acceptors (Lipinski definition) is 5. The summed E-state index contributed by atoms with van der Waals surface area (Å²) in [5.74, 6) is 1.78. The summed E-state index contributed by atoms with van der Waals surface area (Å²) in [7, 11) is 4.78. The van der Waals surface area contributed by atoms with E-state index >= 15 is 0 Å². The van der Waals surface area contributed by atoms with Crippen LogP contribution >= 0.6 is 0 Å². The molecule has 2 aromatic rings. The van der Waals surface area contributed by atoms with Gasteiger partial charge in [0.2, 0.25) is 5.75 Å². The molecule has 0 bridgehead atoms. The lowest BCUT2D eigenvalue weighted by molar-refractivity contribution is 0.156. The number of ether oxygens (including phenoxy) is 3. The number of aliphatic hydroxyl groups is 1. The molecule has 23 heavy (non-hydrogen) atoms. The van der Waals surface area contributed by atoms with Crippen LogP contribution in [-0.2, 0) is 0 Å². The van der Waals surface area contributed by atoms with Gasteiger partial charge in [0.25, 0.3) is 0 Å². The van der Waals surface area contributed by atoms with Crippen molar-refractivity contribution in [2.24, 2.45) is 0 Å². The molecular formula is C18H21NO4. The Hall–Kier alpha value is -2.40. The predicted molar refractivity (Wildman–Crippen MR) is 88.5 cm³/mol. The van der Waals surface area contributed by atoms with E-state index in [1.165, 1.54) is 0 Å². The van der Waals surface area contributed by atoms with Crippen LogP contribution in [0.3, 0.4) is 0 Å². The Morgan fingerprint density at radius 1 is 1.00 bits per heavy atom. The monoisotopic (exact) mass is 315 g/mol. The first-order valence-electron chi connectivity index (χ1n) is 7.51. The van der Waals surface area contributed by atoms with Gasteiger partial charge in [-0.3, -0.25) is 0 Å². The first-order valence-corrected chi connectivity index (χ1v) is 7.51. The van der Waals surface area contributed by atoms with Gasteiger partial charge in [-0.05, 0) is 23.8 Å². The molecule has 2 N–H and O–H groups in total. The van der Waals surface area contributed by atoms with Gasteiger partial charge >= 0.3 is 0 Å². The minimum absolute atomic E-state index is 0.0337. The highest BCUT2D eigenvalue weighted by molar-refractivity contribution is 5.59. The van der Waals surface area contributed by atoms with Crippen LogP contribution in [0.25, 0.3) is 0 Å². The molecule has 5 heteroatoms. The van der Waals surface area contributed by atoms with E-state index in [1.807, 2.05) is 36.4 Å². The molecule has 3 rings (SSSR count). The van der Waals surface area contributed by atoms with Crippen LogP contribution in [0.15, 0.2) is 36.4 Å². The molecule has 1 aliphatic rings. The van der Waals surface area contributed by atoms with Gasteiger partial charge in [0.05, 0.1) is 33.5 Å². The molecule has 0 saturated heterocycles. The first-order chi connectivity index (χ1) is 11.2. The molecule has 122 valence electrons. The molecule has 0 saturated carbocycles. The van der Waals surface area contributed by atoms with E-state index in [2.05, 4.69) is 5.32 Å². The Labute approximate surface area is 135 Å². The van der Waals surface area contributed by atoms with E-state index in [-0.39, 0.29) is 6.04 Å². The largest absolute Gasteiger partial charge is 0.493 e. The van der Waals surface area contributed by atoms with Crippen LogP contribution in [-0.4, -0.2) is 26.4 Å². The van der Waals surface area contributed by atoms with Crippen molar-refractivity contribution in [2.75, 3.05) is 26.6 Å². The molecule has 0 amide bonds. The number of aliphatic hydroxyl groups excluding tert-OH is 1. The summed E-state index contributed by atoms with van der Waals surface area (Å²) in [6.07, 6.45) is 0.0758. The van der Waals surface area contributed by atoms with Gasteiger partial charge in [0.15, 0.2) is 11.5 Å². The van der Waals surface area contributed by atoms with Crippen LogP contribution in [0.1, 0.15) is 29.7 Å². The highest BCUT2D eigenvalue weighted by atomic mass is 16.5. The number of fused-ring (bicyclic) bond motifs is 1. The topological polar surface area (TPSA) is 60.0 Å². The number of benzene rings is 2. The number of nitrogens with one attached hydrogen (secondary N) is 1. The number of hydrogen-bond donors (Lipinski definition) is 2. The maximum absolute atomic E-state index is 10.4. The maximum atomic E-state index is 10.4. The molecule has 5 nitrogen and oxygen atoms in total. The van der Waals surface area contributed by atoms with Gasteiger partial charge < -0.3 is 24.6 Å². The predicted octanol–water partition coefficient (Wildman–Crippen LogP) is 3.30. The zero-order chi connectivity index (χ0) is 16.4. The fraction of sp³-hybridized carbons (Fsp3) is 0.333. The summed E-state index contributed by atoms with van der Waals surface area (Å²) in [6.45, 7) is 0.